The van der Waals surface area contributed by atoms with Crippen LogP contribution in [0.4, 0.5) is 0 Å². The monoisotopic (exact) mass is 359 g/mol. The Bertz CT molecular complexity index is 721. The van der Waals surface area contributed by atoms with Crippen LogP contribution in [0.25, 0.3) is 10.8 Å². The molecular formula is C18H18BrNS. The first kappa shape index (κ1) is 14.8. The van der Waals surface area contributed by atoms with E-state index in [-0.39, 0.29) is 0 Å². The molecule has 2 aromatic carbocycles. The molecule has 3 heteroatoms. The van der Waals surface area contributed by atoms with Crippen LogP contribution in [-0.4, -0.2) is 6.54 Å². The molecule has 0 saturated heterocycles. The molecule has 1 nitrogen and oxygen atoms in total. The lowest BCUT2D eigenvalue weighted by molar-refractivity contribution is 0.554. The summed E-state index contributed by atoms with van der Waals surface area (Å²) in [4.78, 5) is 1.43. The lowest BCUT2D eigenvalue weighted by Gasteiger charge is -2.18. The van der Waals surface area contributed by atoms with Crippen molar-refractivity contribution in [1.29, 1.82) is 0 Å². The number of fused-ring (bicyclic) bond motifs is 1. The van der Waals surface area contributed by atoms with Crippen LogP contribution in [0, 0.1) is 0 Å². The Kier molecular flexibility index (Phi) is 4.73. The topological polar surface area (TPSA) is 12.0 Å². The van der Waals surface area contributed by atoms with Crippen LogP contribution < -0.4 is 5.32 Å². The van der Waals surface area contributed by atoms with Crippen molar-refractivity contribution in [1.82, 2.24) is 5.32 Å². The molecule has 1 N–H and O–H groups in total. The molecule has 108 valence electrons. The van der Waals surface area contributed by atoms with Crippen molar-refractivity contribution in [2.75, 3.05) is 6.54 Å². The zero-order valence-corrected chi connectivity index (χ0v) is 14.4. The minimum atomic E-state index is 0.377. The molecule has 21 heavy (non-hydrogen) atoms. The average molecular weight is 360 g/mol. The van der Waals surface area contributed by atoms with Gasteiger partial charge in [0.05, 0.1) is 0 Å². The third-order valence-corrected chi connectivity index (χ3v) is 5.06. The van der Waals surface area contributed by atoms with E-state index in [1.54, 1.807) is 0 Å². The van der Waals surface area contributed by atoms with Crippen LogP contribution >= 0.6 is 27.3 Å². The van der Waals surface area contributed by atoms with Gasteiger partial charge in [-0.3, -0.25) is 0 Å². The number of rotatable bonds is 5. The van der Waals surface area contributed by atoms with Crippen LogP contribution in [0.15, 0.2) is 58.4 Å². The summed E-state index contributed by atoms with van der Waals surface area (Å²) in [7, 11) is 0. The first-order chi connectivity index (χ1) is 10.3. The molecule has 0 aliphatic heterocycles. The predicted molar refractivity (Wildman–Crippen MR) is 96.1 cm³/mol. The molecule has 0 radical (unpaired) electrons. The van der Waals surface area contributed by atoms with Crippen LogP contribution in [0.3, 0.4) is 0 Å². The van der Waals surface area contributed by atoms with Crippen molar-refractivity contribution in [2.24, 2.45) is 0 Å². The second-order valence-electron chi connectivity index (χ2n) is 5.14. The molecule has 1 unspecified atom stereocenters. The molecule has 0 spiro atoms. The average Bonchev–Trinajstić information content (AvgIpc) is 2.99. The molecule has 0 bridgehead atoms. The molecule has 0 aliphatic rings. The highest BCUT2D eigenvalue weighted by atomic mass is 79.9. The van der Waals surface area contributed by atoms with Crippen molar-refractivity contribution >= 4 is 38.0 Å². The maximum Gasteiger partial charge on any atom is 0.0368 e. The summed E-state index contributed by atoms with van der Waals surface area (Å²) < 4.78 is 1.13. The molecular weight excluding hydrogens is 342 g/mol. The minimum Gasteiger partial charge on any atom is -0.310 e. The lowest BCUT2D eigenvalue weighted by Crippen LogP contribution is -2.22. The van der Waals surface area contributed by atoms with Gasteiger partial charge in [-0.1, -0.05) is 47.1 Å². The Labute approximate surface area is 138 Å². The predicted octanol–water partition coefficient (Wildman–Crippen LogP) is 5.56. The fraction of sp³-hybridized carbons (Fsp3) is 0.222. The zero-order chi connectivity index (χ0) is 14.7. The molecule has 1 heterocycles. The van der Waals surface area contributed by atoms with E-state index in [2.05, 4.69) is 82.1 Å². The molecule has 3 rings (SSSR count). The normalized spacial score (nSPS) is 12.7. The summed E-state index contributed by atoms with van der Waals surface area (Å²) in [5, 5.41) is 8.33. The van der Waals surface area contributed by atoms with E-state index in [0.29, 0.717) is 6.04 Å². The van der Waals surface area contributed by atoms with Gasteiger partial charge in [0.15, 0.2) is 0 Å². The smallest absolute Gasteiger partial charge is 0.0368 e. The van der Waals surface area contributed by atoms with Gasteiger partial charge >= 0.3 is 0 Å². The minimum absolute atomic E-state index is 0.377. The summed E-state index contributed by atoms with van der Waals surface area (Å²) in [5.74, 6) is 0. The van der Waals surface area contributed by atoms with Crippen LogP contribution in [0.5, 0.6) is 0 Å². The van der Waals surface area contributed by atoms with Crippen molar-refractivity contribution in [3.63, 3.8) is 0 Å². The van der Waals surface area contributed by atoms with E-state index < -0.39 is 0 Å². The van der Waals surface area contributed by atoms with Gasteiger partial charge in [0.1, 0.15) is 0 Å². The maximum atomic E-state index is 3.61. The number of hydrogen-bond acceptors (Lipinski definition) is 2. The highest BCUT2D eigenvalue weighted by Crippen LogP contribution is 2.26. The second kappa shape index (κ2) is 6.73. The summed E-state index contributed by atoms with van der Waals surface area (Å²) in [5.41, 5.74) is 1.36. The quantitative estimate of drug-likeness (QED) is 0.628. The van der Waals surface area contributed by atoms with Crippen molar-refractivity contribution in [3.8, 4) is 0 Å². The van der Waals surface area contributed by atoms with E-state index in [4.69, 9.17) is 0 Å². The van der Waals surface area contributed by atoms with E-state index in [1.165, 1.54) is 21.2 Å². The van der Waals surface area contributed by atoms with Crippen molar-refractivity contribution in [2.45, 2.75) is 19.4 Å². The molecule has 0 saturated carbocycles. The first-order valence-electron chi connectivity index (χ1n) is 7.21. The Hall–Kier alpha value is -1.16. The van der Waals surface area contributed by atoms with Crippen LogP contribution in [-0.2, 0) is 6.42 Å². The maximum absolute atomic E-state index is 3.61. The number of thiophene rings is 1. The van der Waals surface area contributed by atoms with E-state index in [9.17, 15) is 0 Å². The lowest BCUT2D eigenvalue weighted by atomic mass is 9.99. The van der Waals surface area contributed by atoms with E-state index >= 15 is 0 Å². The Morgan fingerprint density at radius 2 is 1.90 bits per heavy atom. The molecule has 0 aliphatic carbocycles. The molecule has 0 amide bonds. The fourth-order valence-corrected chi connectivity index (χ4v) is 3.77. The van der Waals surface area contributed by atoms with Gasteiger partial charge in [-0.05, 0) is 52.5 Å². The Balaban J connectivity index is 1.92. The summed E-state index contributed by atoms with van der Waals surface area (Å²) >= 11 is 5.36. The molecule has 1 atom stereocenters. The van der Waals surface area contributed by atoms with Crippen LogP contribution in [0.1, 0.15) is 23.4 Å². The largest absolute Gasteiger partial charge is 0.310 e. The SMILES string of the molecule is CCNC(Cc1cccs1)c1ccc2cc(Br)ccc2c1. The van der Waals surface area contributed by atoms with Gasteiger partial charge in [0, 0.05) is 21.8 Å². The highest BCUT2D eigenvalue weighted by Gasteiger charge is 2.12. The van der Waals surface area contributed by atoms with E-state index in [0.717, 1.165) is 17.4 Å². The molecule has 1 aromatic heterocycles. The zero-order valence-electron chi connectivity index (χ0n) is 12.0. The van der Waals surface area contributed by atoms with Gasteiger partial charge in [-0.2, -0.15) is 0 Å². The van der Waals surface area contributed by atoms with Crippen molar-refractivity contribution in [3.05, 3.63) is 68.8 Å². The third-order valence-electron chi connectivity index (χ3n) is 3.66. The number of likely N-dealkylation sites (N-methyl/N-ethyl adjacent to an activating group) is 1. The highest BCUT2D eigenvalue weighted by molar-refractivity contribution is 9.10. The summed E-state index contributed by atoms with van der Waals surface area (Å²) in [6, 6.07) is 17.9. The van der Waals surface area contributed by atoms with Gasteiger partial charge < -0.3 is 5.32 Å². The van der Waals surface area contributed by atoms with Crippen LogP contribution in [0.2, 0.25) is 0 Å². The Morgan fingerprint density at radius 3 is 2.67 bits per heavy atom. The summed E-state index contributed by atoms with van der Waals surface area (Å²) in [6.07, 6.45) is 1.05. The number of halogens is 1. The Morgan fingerprint density at radius 1 is 1.10 bits per heavy atom. The van der Waals surface area contributed by atoms with Crippen molar-refractivity contribution < 1.29 is 0 Å². The van der Waals surface area contributed by atoms with Gasteiger partial charge in [0.25, 0.3) is 0 Å². The second-order valence-corrected chi connectivity index (χ2v) is 7.09. The molecule has 0 fully saturated rings. The van der Waals surface area contributed by atoms with Gasteiger partial charge in [0.2, 0.25) is 0 Å². The van der Waals surface area contributed by atoms with Gasteiger partial charge in [-0.15, -0.1) is 11.3 Å². The summed E-state index contributed by atoms with van der Waals surface area (Å²) in [6.45, 7) is 3.15. The standard InChI is InChI=1S/C18H18BrNS/c1-2-20-18(12-17-4-3-9-21-17)15-6-5-14-11-16(19)8-7-13(14)10-15/h3-11,18,20H,2,12H2,1H3. The third kappa shape index (κ3) is 3.54. The number of nitrogens with one attached hydrogen (secondary N) is 1. The molecule has 3 aromatic rings. The van der Waals surface area contributed by atoms with Gasteiger partial charge in [-0.25, -0.2) is 0 Å². The number of benzene rings is 2. The first-order valence-corrected chi connectivity index (χ1v) is 8.88. The number of hydrogen-bond donors (Lipinski definition) is 1. The fourth-order valence-electron chi connectivity index (χ4n) is 2.64. The van der Waals surface area contributed by atoms with E-state index in [1.807, 2.05) is 11.3 Å².